The Bertz CT molecular complexity index is 523. The quantitative estimate of drug-likeness (QED) is 0.837. The molecule has 0 bridgehead atoms. The van der Waals surface area contributed by atoms with E-state index in [4.69, 9.17) is 19.3 Å². The molecule has 0 radical (unpaired) electrons. The van der Waals surface area contributed by atoms with Gasteiger partial charge in [0.05, 0.1) is 33.4 Å². The molecule has 5 nitrogen and oxygen atoms in total. The van der Waals surface area contributed by atoms with Gasteiger partial charge >= 0.3 is 5.97 Å². The van der Waals surface area contributed by atoms with Crippen molar-refractivity contribution in [2.75, 3.05) is 20.8 Å². The fourth-order valence-electron chi connectivity index (χ4n) is 2.81. The SMILES string of the molecule is COc1ccc(COCC2C(C(=O)O)C2(C)C)c(OC)c1. The second-order valence-corrected chi connectivity index (χ2v) is 5.94. The molecule has 1 aromatic carbocycles. The summed E-state index contributed by atoms with van der Waals surface area (Å²) in [7, 11) is 3.20. The third-order valence-corrected chi connectivity index (χ3v) is 4.37. The van der Waals surface area contributed by atoms with Crippen molar-refractivity contribution in [1.82, 2.24) is 0 Å². The molecule has 1 aromatic rings. The summed E-state index contributed by atoms with van der Waals surface area (Å²) in [5.74, 6) is 0.453. The fourth-order valence-corrected chi connectivity index (χ4v) is 2.81. The molecule has 1 N–H and O–H groups in total. The lowest BCUT2D eigenvalue weighted by molar-refractivity contribution is -0.139. The maximum Gasteiger partial charge on any atom is 0.307 e. The highest BCUT2D eigenvalue weighted by atomic mass is 16.5. The molecule has 2 unspecified atom stereocenters. The molecule has 0 saturated heterocycles. The van der Waals surface area contributed by atoms with Crippen LogP contribution in [0, 0.1) is 17.3 Å². The number of benzene rings is 1. The second kappa shape index (κ2) is 5.93. The Kier molecular flexibility index (Phi) is 4.42. The lowest BCUT2D eigenvalue weighted by Gasteiger charge is -2.11. The second-order valence-electron chi connectivity index (χ2n) is 5.94. The zero-order chi connectivity index (χ0) is 15.6. The first-order valence-corrected chi connectivity index (χ1v) is 6.93. The fraction of sp³-hybridized carbons (Fsp3) is 0.562. The van der Waals surface area contributed by atoms with Crippen LogP contribution in [0.15, 0.2) is 18.2 Å². The molecule has 1 aliphatic rings. The molecule has 0 heterocycles. The van der Waals surface area contributed by atoms with Gasteiger partial charge in [0.2, 0.25) is 0 Å². The summed E-state index contributed by atoms with van der Waals surface area (Å²) in [5.41, 5.74) is 0.735. The van der Waals surface area contributed by atoms with E-state index in [1.54, 1.807) is 20.3 Å². The Labute approximate surface area is 124 Å². The normalized spacial score (nSPS) is 22.7. The van der Waals surface area contributed by atoms with E-state index in [1.165, 1.54) is 0 Å². The first kappa shape index (κ1) is 15.6. The molecular weight excluding hydrogens is 272 g/mol. The van der Waals surface area contributed by atoms with Crippen molar-refractivity contribution in [3.05, 3.63) is 23.8 Å². The Morgan fingerprint density at radius 3 is 2.52 bits per heavy atom. The zero-order valence-electron chi connectivity index (χ0n) is 12.9. The molecule has 21 heavy (non-hydrogen) atoms. The van der Waals surface area contributed by atoms with E-state index >= 15 is 0 Å². The molecule has 0 amide bonds. The van der Waals surface area contributed by atoms with E-state index in [2.05, 4.69) is 0 Å². The Hall–Kier alpha value is -1.75. The number of carboxylic acid groups (broad SMARTS) is 1. The number of methoxy groups -OCH3 is 2. The molecule has 1 aliphatic carbocycles. The van der Waals surface area contributed by atoms with Crippen LogP contribution in [0.4, 0.5) is 0 Å². The third-order valence-electron chi connectivity index (χ3n) is 4.37. The number of ether oxygens (including phenoxy) is 3. The molecule has 1 fully saturated rings. The van der Waals surface area contributed by atoms with Gasteiger partial charge in [0, 0.05) is 17.5 Å². The van der Waals surface area contributed by atoms with Crippen LogP contribution in [0.3, 0.4) is 0 Å². The van der Waals surface area contributed by atoms with Crippen molar-refractivity contribution >= 4 is 5.97 Å². The van der Waals surface area contributed by atoms with Gasteiger partial charge < -0.3 is 19.3 Å². The first-order valence-electron chi connectivity index (χ1n) is 6.93. The van der Waals surface area contributed by atoms with Crippen molar-refractivity contribution in [3.8, 4) is 11.5 Å². The molecule has 0 aliphatic heterocycles. The minimum Gasteiger partial charge on any atom is -0.497 e. The van der Waals surface area contributed by atoms with Crippen LogP contribution in [0.25, 0.3) is 0 Å². The molecule has 0 aromatic heterocycles. The molecule has 2 atom stereocenters. The molecule has 2 rings (SSSR count). The summed E-state index contributed by atoms with van der Waals surface area (Å²) in [6.45, 7) is 4.77. The summed E-state index contributed by atoms with van der Waals surface area (Å²) in [6, 6.07) is 5.55. The van der Waals surface area contributed by atoms with E-state index in [-0.39, 0.29) is 17.3 Å². The molecule has 116 valence electrons. The highest BCUT2D eigenvalue weighted by Gasteiger charge is 2.61. The van der Waals surface area contributed by atoms with E-state index in [1.807, 2.05) is 26.0 Å². The summed E-state index contributed by atoms with van der Waals surface area (Å²) in [4.78, 5) is 11.1. The van der Waals surface area contributed by atoms with Gasteiger partial charge in [-0.3, -0.25) is 4.79 Å². The Morgan fingerprint density at radius 1 is 1.29 bits per heavy atom. The minimum atomic E-state index is -0.740. The maximum absolute atomic E-state index is 11.1. The van der Waals surface area contributed by atoms with Crippen molar-refractivity contribution in [3.63, 3.8) is 0 Å². The smallest absolute Gasteiger partial charge is 0.307 e. The van der Waals surface area contributed by atoms with Crippen molar-refractivity contribution < 1.29 is 24.1 Å². The summed E-state index contributed by atoms with van der Waals surface area (Å²) >= 11 is 0. The number of carbonyl (C=O) groups is 1. The minimum absolute atomic E-state index is 0.0687. The number of hydrogen-bond acceptors (Lipinski definition) is 4. The van der Waals surface area contributed by atoms with Gasteiger partial charge in [-0.25, -0.2) is 0 Å². The van der Waals surface area contributed by atoms with Gasteiger partial charge in [-0.05, 0) is 17.5 Å². The van der Waals surface area contributed by atoms with Gasteiger partial charge in [0.25, 0.3) is 0 Å². The average Bonchev–Trinajstić information content (AvgIpc) is 3.00. The number of hydrogen-bond donors (Lipinski definition) is 1. The average molecular weight is 294 g/mol. The summed E-state index contributed by atoms with van der Waals surface area (Å²) in [5, 5.41) is 9.13. The molecule has 5 heteroatoms. The van der Waals surface area contributed by atoms with Crippen LogP contribution in [0.5, 0.6) is 11.5 Å². The number of aliphatic carboxylic acids is 1. The largest absolute Gasteiger partial charge is 0.497 e. The predicted molar refractivity (Wildman–Crippen MR) is 77.6 cm³/mol. The third kappa shape index (κ3) is 3.13. The topological polar surface area (TPSA) is 65.0 Å². The summed E-state index contributed by atoms with van der Waals surface area (Å²) < 4.78 is 16.1. The standard InChI is InChI=1S/C16H22O5/c1-16(2)12(14(16)15(17)18)9-21-8-10-5-6-11(19-3)7-13(10)20-4/h5-7,12,14H,8-9H2,1-4H3,(H,17,18). The van der Waals surface area contributed by atoms with Crippen molar-refractivity contribution in [2.24, 2.45) is 17.3 Å². The van der Waals surface area contributed by atoms with Gasteiger partial charge in [0.15, 0.2) is 0 Å². The van der Waals surface area contributed by atoms with Crippen molar-refractivity contribution in [1.29, 1.82) is 0 Å². The van der Waals surface area contributed by atoms with E-state index < -0.39 is 5.97 Å². The van der Waals surface area contributed by atoms with E-state index in [9.17, 15) is 4.79 Å². The van der Waals surface area contributed by atoms with Crippen LogP contribution in [-0.4, -0.2) is 31.9 Å². The van der Waals surface area contributed by atoms with Crippen LogP contribution in [0.1, 0.15) is 19.4 Å². The van der Waals surface area contributed by atoms with Crippen LogP contribution in [-0.2, 0) is 16.1 Å². The van der Waals surface area contributed by atoms with Gasteiger partial charge in [-0.1, -0.05) is 13.8 Å². The van der Waals surface area contributed by atoms with E-state index in [0.29, 0.717) is 19.0 Å². The highest BCUT2D eigenvalue weighted by Crippen LogP contribution is 2.58. The number of rotatable bonds is 7. The van der Waals surface area contributed by atoms with Crippen LogP contribution < -0.4 is 9.47 Å². The first-order chi connectivity index (χ1) is 9.91. The lowest BCUT2D eigenvalue weighted by Crippen LogP contribution is -2.05. The summed E-state index contributed by atoms with van der Waals surface area (Å²) in [6.07, 6.45) is 0. The van der Waals surface area contributed by atoms with Crippen molar-refractivity contribution in [2.45, 2.75) is 20.5 Å². The van der Waals surface area contributed by atoms with Crippen LogP contribution in [0.2, 0.25) is 0 Å². The lowest BCUT2D eigenvalue weighted by atomic mass is 10.1. The molecule has 1 saturated carbocycles. The molecule has 0 spiro atoms. The van der Waals surface area contributed by atoms with E-state index in [0.717, 1.165) is 11.3 Å². The Balaban J connectivity index is 1.91. The zero-order valence-corrected chi connectivity index (χ0v) is 12.9. The van der Waals surface area contributed by atoms with Gasteiger partial charge in [-0.2, -0.15) is 0 Å². The predicted octanol–water partition coefficient (Wildman–Crippen LogP) is 2.58. The molecular formula is C16H22O5. The van der Waals surface area contributed by atoms with Crippen LogP contribution >= 0.6 is 0 Å². The number of carboxylic acids is 1. The van der Waals surface area contributed by atoms with Gasteiger partial charge in [0.1, 0.15) is 11.5 Å². The monoisotopic (exact) mass is 294 g/mol. The maximum atomic E-state index is 11.1. The highest BCUT2D eigenvalue weighted by molar-refractivity contribution is 5.75. The Morgan fingerprint density at radius 2 is 2.00 bits per heavy atom. The van der Waals surface area contributed by atoms with Gasteiger partial charge in [-0.15, -0.1) is 0 Å².